The van der Waals surface area contributed by atoms with Crippen LogP contribution in [0.25, 0.3) is 0 Å². The van der Waals surface area contributed by atoms with Gasteiger partial charge in [0.25, 0.3) is 0 Å². The second kappa shape index (κ2) is 11.4. The number of hydrogen-bond acceptors (Lipinski definition) is 3. The largest absolute Gasteiger partial charge is 0.469 e. The van der Waals surface area contributed by atoms with Crippen LogP contribution in [0.15, 0.2) is 52.1 Å². The number of nitrogens with one attached hydrogen (secondary N) is 2. The summed E-state index contributed by atoms with van der Waals surface area (Å²) in [5, 5.41) is 7.03. The van der Waals surface area contributed by atoms with Crippen LogP contribution >= 0.6 is 24.0 Å². The minimum absolute atomic E-state index is 0. The Bertz CT molecular complexity index is 814. The highest BCUT2D eigenvalue weighted by Crippen LogP contribution is 2.22. The third kappa shape index (κ3) is 6.23. The molecule has 0 atom stereocenters. The quantitative estimate of drug-likeness (QED) is 0.324. The molecule has 2 aromatic rings. The average molecular weight is 522 g/mol. The lowest BCUT2D eigenvalue weighted by Crippen LogP contribution is -2.43. The molecule has 0 unspecified atom stereocenters. The summed E-state index contributed by atoms with van der Waals surface area (Å²) in [4.78, 5) is 18.6. The second-order valence-corrected chi connectivity index (χ2v) is 7.86. The molecule has 1 saturated heterocycles. The molecule has 2 aliphatic rings. The van der Waals surface area contributed by atoms with E-state index >= 15 is 0 Å². The summed E-state index contributed by atoms with van der Waals surface area (Å²) < 4.78 is 5.41. The van der Waals surface area contributed by atoms with Gasteiger partial charge in [-0.3, -0.25) is 4.79 Å². The molecular weight excluding hydrogens is 491 g/mol. The van der Waals surface area contributed by atoms with Gasteiger partial charge < -0.3 is 20.0 Å². The van der Waals surface area contributed by atoms with Crippen molar-refractivity contribution in [2.45, 2.75) is 57.5 Å². The summed E-state index contributed by atoms with van der Waals surface area (Å²) >= 11 is 0. The van der Waals surface area contributed by atoms with E-state index in [1.54, 1.807) is 6.26 Å². The van der Waals surface area contributed by atoms with Crippen LogP contribution in [-0.4, -0.2) is 31.0 Å². The number of nitrogens with zero attached hydrogens (tertiary/aromatic N) is 2. The molecule has 1 aliphatic heterocycles. The fourth-order valence-corrected chi connectivity index (χ4v) is 4.05. The molecule has 0 bridgehead atoms. The van der Waals surface area contributed by atoms with E-state index in [-0.39, 0.29) is 29.9 Å². The molecule has 2 fully saturated rings. The third-order valence-corrected chi connectivity index (χ3v) is 5.68. The number of amides is 1. The molecule has 2 N–H and O–H groups in total. The van der Waals surface area contributed by atoms with Crippen LogP contribution in [0, 0.1) is 0 Å². The number of aliphatic imine (C=N–C) groups is 1. The molecule has 1 saturated carbocycles. The summed E-state index contributed by atoms with van der Waals surface area (Å²) in [6.07, 6.45) is 9.13. The van der Waals surface area contributed by atoms with Gasteiger partial charge in [-0.2, -0.15) is 0 Å². The SMILES string of the molecule is I.O=C1CCCN1c1ccc(CN=C(NCCc2ccco2)NC2CCCC2)cc1. The predicted molar refractivity (Wildman–Crippen MR) is 130 cm³/mol. The Labute approximate surface area is 195 Å². The normalized spacial score (nSPS) is 17.3. The Balaban J connectivity index is 0.00000256. The summed E-state index contributed by atoms with van der Waals surface area (Å²) in [6.45, 7) is 2.21. The van der Waals surface area contributed by atoms with Gasteiger partial charge in [-0.1, -0.05) is 25.0 Å². The predicted octanol–water partition coefficient (Wildman–Crippen LogP) is 4.24. The molecular formula is C23H31IN4O2. The maximum absolute atomic E-state index is 11.9. The number of benzene rings is 1. The third-order valence-electron chi connectivity index (χ3n) is 5.68. The fourth-order valence-electron chi connectivity index (χ4n) is 4.05. The molecule has 0 spiro atoms. The van der Waals surface area contributed by atoms with E-state index in [9.17, 15) is 4.79 Å². The highest BCUT2D eigenvalue weighted by molar-refractivity contribution is 14.0. The van der Waals surface area contributed by atoms with Gasteiger partial charge in [-0.25, -0.2) is 4.99 Å². The standard InChI is InChI=1S/C23H30N4O2.HI/c28-22-8-3-15-27(22)20-11-9-18(10-12-20)17-25-23(26-19-5-1-2-6-19)24-14-13-21-7-4-16-29-21;/h4,7,9-12,16,19H,1-3,5-6,8,13-15,17H2,(H2,24,25,26);1H. The zero-order valence-electron chi connectivity index (χ0n) is 17.3. The van der Waals surface area contributed by atoms with E-state index in [1.165, 1.54) is 25.7 Å². The zero-order chi connectivity index (χ0) is 19.9. The Morgan fingerprint density at radius 2 is 1.93 bits per heavy atom. The molecule has 162 valence electrons. The van der Waals surface area contributed by atoms with Gasteiger partial charge in [0.1, 0.15) is 5.76 Å². The number of anilines is 1. The molecule has 2 heterocycles. The Kier molecular flexibility index (Phi) is 8.60. The highest BCUT2D eigenvalue weighted by Gasteiger charge is 2.21. The van der Waals surface area contributed by atoms with E-state index in [2.05, 4.69) is 22.8 Å². The smallest absolute Gasteiger partial charge is 0.227 e. The van der Waals surface area contributed by atoms with Gasteiger partial charge in [0.15, 0.2) is 5.96 Å². The van der Waals surface area contributed by atoms with E-state index in [0.717, 1.165) is 48.9 Å². The summed E-state index contributed by atoms with van der Waals surface area (Å²) in [6, 6.07) is 12.6. The number of carbonyl (C=O) groups excluding carboxylic acids is 1. The van der Waals surface area contributed by atoms with Gasteiger partial charge in [0.05, 0.1) is 12.8 Å². The minimum Gasteiger partial charge on any atom is -0.469 e. The molecule has 1 aliphatic carbocycles. The van der Waals surface area contributed by atoms with E-state index in [0.29, 0.717) is 19.0 Å². The van der Waals surface area contributed by atoms with Crippen molar-refractivity contribution in [1.29, 1.82) is 0 Å². The zero-order valence-corrected chi connectivity index (χ0v) is 19.6. The van der Waals surface area contributed by atoms with Crippen molar-refractivity contribution in [1.82, 2.24) is 10.6 Å². The molecule has 4 rings (SSSR count). The van der Waals surface area contributed by atoms with Gasteiger partial charge in [0.2, 0.25) is 5.91 Å². The summed E-state index contributed by atoms with van der Waals surface area (Å²) in [5.41, 5.74) is 2.13. The monoisotopic (exact) mass is 522 g/mol. The lowest BCUT2D eigenvalue weighted by atomic mass is 10.2. The molecule has 6 nitrogen and oxygen atoms in total. The first kappa shape index (κ1) is 22.7. The number of guanidine groups is 1. The van der Waals surface area contributed by atoms with Crippen LogP contribution in [0.1, 0.15) is 49.8 Å². The molecule has 7 heteroatoms. The number of carbonyl (C=O) groups is 1. The van der Waals surface area contributed by atoms with Crippen LogP contribution in [0.2, 0.25) is 0 Å². The summed E-state index contributed by atoms with van der Waals surface area (Å²) in [5.74, 6) is 2.06. The van der Waals surface area contributed by atoms with Crippen molar-refractivity contribution in [3.63, 3.8) is 0 Å². The van der Waals surface area contributed by atoms with Crippen molar-refractivity contribution in [2.24, 2.45) is 4.99 Å². The van der Waals surface area contributed by atoms with E-state index in [1.807, 2.05) is 29.2 Å². The molecule has 1 aromatic carbocycles. The van der Waals surface area contributed by atoms with Crippen molar-refractivity contribution in [3.05, 3.63) is 54.0 Å². The van der Waals surface area contributed by atoms with Crippen LogP contribution in [-0.2, 0) is 17.8 Å². The van der Waals surface area contributed by atoms with Gasteiger partial charge >= 0.3 is 0 Å². The Morgan fingerprint density at radius 1 is 1.13 bits per heavy atom. The van der Waals surface area contributed by atoms with E-state index < -0.39 is 0 Å². The van der Waals surface area contributed by atoms with Gasteiger partial charge in [-0.15, -0.1) is 24.0 Å². The molecule has 30 heavy (non-hydrogen) atoms. The van der Waals surface area contributed by atoms with Gasteiger partial charge in [-0.05, 0) is 49.1 Å². The lowest BCUT2D eigenvalue weighted by molar-refractivity contribution is -0.117. The molecule has 1 amide bonds. The number of furan rings is 1. The van der Waals surface area contributed by atoms with E-state index in [4.69, 9.17) is 9.41 Å². The second-order valence-electron chi connectivity index (χ2n) is 7.86. The minimum atomic E-state index is 0. The van der Waals surface area contributed by atoms with Crippen molar-refractivity contribution < 1.29 is 9.21 Å². The van der Waals surface area contributed by atoms with Crippen molar-refractivity contribution in [2.75, 3.05) is 18.0 Å². The number of rotatable bonds is 7. The van der Waals surface area contributed by atoms with Crippen molar-refractivity contribution >= 4 is 41.5 Å². The molecule has 0 radical (unpaired) electrons. The first-order valence-corrected chi connectivity index (χ1v) is 10.7. The highest BCUT2D eigenvalue weighted by atomic mass is 127. The fraction of sp³-hybridized carbons (Fsp3) is 0.478. The van der Waals surface area contributed by atoms with Crippen LogP contribution < -0.4 is 15.5 Å². The average Bonchev–Trinajstić information content (AvgIpc) is 3.50. The molecule has 1 aromatic heterocycles. The lowest BCUT2D eigenvalue weighted by Gasteiger charge is -2.18. The van der Waals surface area contributed by atoms with Crippen molar-refractivity contribution in [3.8, 4) is 0 Å². The van der Waals surface area contributed by atoms with Gasteiger partial charge in [0, 0.05) is 37.7 Å². The summed E-state index contributed by atoms with van der Waals surface area (Å²) in [7, 11) is 0. The van der Waals surface area contributed by atoms with Crippen LogP contribution in [0.3, 0.4) is 0 Å². The maximum Gasteiger partial charge on any atom is 0.227 e. The first-order chi connectivity index (χ1) is 14.3. The van der Waals surface area contributed by atoms with Crippen LogP contribution in [0.4, 0.5) is 5.69 Å². The topological polar surface area (TPSA) is 69.9 Å². The Hall–Kier alpha value is -2.03. The first-order valence-electron chi connectivity index (χ1n) is 10.7. The maximum atomic E-state index is 11.9. The van der Waals surface area contributed by atoms with Crippen LogP contribution in [0.5, 0.6) is 0 Å². The number of hydrogen-bond donors (Lipinski definition) is 2. The number of halogens is 1. The Morgan fingerprint density at radius 3 is 2.60 bits per heavy atom.